The lowest BCUT2D eigenvalue weighted by Crippen LogP contribution is -2.48. The van der Waals surface area contributed by atoms with Crippen LogP contribution < -0.4 is 5.32 Å². The van der Waals surface area contributed by atoms with Gasteiger partial charge in [0, 0.05) is 31.2 Å². The Morgan fingerprint density at radius 2 is 1.81 bits per heavy atom. The first-order valence-corrected chi connectivity index (χ1v) is 12.5. The van der Waals surface area contributed by atoms with Crippen LogP contribution in [-0.2, 0) is 22.9 Å². The summed E-state index contributed by atoms with van der Waals surface area (Å²) in [6, 6.07) is 10.5. The van der Waals surface area contributed by atoms with Gasteiger partial charge in [-0.3, -0.25) is 9.59 Å². The average molecular weight is 462 g/mol. The highest BCUT2D eigenvalue weighted by molar-refractivity contribution is 7.94. The van der Waals surface area contributed by atoms with Crippen molar-refractivity contribution in [3.63, 3.8) is 0 Å². The molecule has 0 saturated heterocycles. The molecule has 2 amide bonds. The number of carbonyl (C=O) groups is 2. The molecule has 3 aliphatic rings. The summed E-state index contributed by atoms with van der Waals surface area (Å²) in [7, 11) is -3.17. The predicted octanol–water partition coefficient (Wildman–Crippen LogP) is 2.64. The fraction of sp³-hybridized carbons (Fsp3) is 0.455. The molecule has 0 atom stereocenters. The minimum atomic E-state index is -3.17. The molecule has 31 heavy (non-hydrogen) atoms. The summed E-state index contributed by atoms with van der Waals surface area (Å²) in [5.41, 5.74) is 1.79. The summed E-state index contributed by atoms with van der Waals surface area (Å²) in [4.78, 5) is 27.4. The van der Waals surface area contributed by atoms with Crippen LogP contribution in [0.25, 0.3) is 0 Å². The predicted molar refractivity (Wildman–Crippen MR) is 117 cm³/mol. The zero-order valence-corrected chi connectivity index (χ0v) is 18.6. The average Bonchev–Trinajstić information content (AvgIpc) is 3.67. The molecule has 2 fully saturated rings. The van der Waals surface area contributed by atoms with Crippen molar-refractivity contribution in [2.24, 2.45) is 0 Å². The fourth-order valence-electron chi connectivity index (χ4n) is 4.36. The molecular formula is C22H24ClN3O4S. The maximum absolute atomic E-state index is 13.0. The van der Waals surface area contributed by atoms with Gasteiger partial charge in [-0.05, 0) is 55.5 Å². The van der Waals surface area contributed by atoms with Gasteiger partial charge < -0.3 is 14.8 Å². The van der Waals surface area contributed by atoms with Crippen molar-refractivity contribution in [2.45, 2.75) is 48.8 Å². The minimum absolute atomic E-state index is 0.208. The van der Waals surface area contributed by atoms with E-state index in [9.17, 15) is 18.0 Å². The van der Waals surface area contributed by atoms with E-state index in [0.717, 1.165) is 18.4 Å². The van der Waals surface area contributed by atoms with Crippen LogP contribution in [0.3, 0.4) is 0 Å². The number of nitrogens with zero attached hydrogens (tertiary/aromatic N) is 2. The number of benzene rings is 1. The first-order chi connectivity index (χ1) is 14.8. The molecular weight excluding hydrogens is 438 g/mol. The topological polar surface area (TPSA) is 88.5 Å². The maximum atomic E-state index is 13.0. The quantitative estimate of drug-likeness (QED) is 0.686. The Balaban J connectivity index is 1.27. The van der Waals surface area contributed by atoms with Crippen LogP contribution in [0.4, 0.5) is 0 Å². The third kappa shape index (κ3) is 3.65. The molecule has 5 rings (SSSR count). The first-order valence-electron chi connectivity index (χ1n) is 10.6. The van der Waals surface area contributed by atoms with Crippen LogP contribution in [0.2, 0.25) is 5.02 Å². The van der Waals surface area contributed by atoms with E-state index < -0.39 is 14.6 Å². The molecule has 1 aliphatic heterocycles. The molecule has 2 aliphatic carbocycles. The number of hydrogen-bond donors (Lipinski definition) is 1. The van der Waals surface area contributed by atoms with Crippen molar-refractivity contribution >= 4 is 33.3 Å². The van der Waals surface area contributed by atoms with Gasteiger partial charge in [0.1, 0.15) is 11.4 Å². The normalized spacial score (nSPS) is 19.8. The zero-order chi connectivity index (χ0) is 21.8. The van der Waals surface area contributed by atoms with E-state index in [1.165, 1.54) is 0 Å². The smallest absolute Gasteiger partial charge is 0.270 e. The summed E-state index contributed by atoms with van der Waals surface area (Å²) >= 11 is 5.89. The zero-order valence-electron chi connectivity index (χ0n) is 17.0. The number of halogens is 1. The summed E-state index contributed by atoms with van der Waals surface area (Å²) < 4.78 is 26.6. The van der Waals surface area contributed by atoms with Gasteiger partial charge in [0.2, 0.25) is 0 Å². The van der Waals surface area contributed by atoms with Crippen LogP contribution in [0.5, 0.6) is 0 Å². The first kappa shape index (κ1) is 20.6. The molecule has 1 aromatic carbocycles. The van der Waals surface area contributed by atoms with Crippen LogP contribution >= 0.6 is 11.6 Å². The van der Waals surface area contributed by atoms with Gasteiger partial charge in [-0.2, -0.15) is 0 Å². The molecule has 0 unspecified atom stereocenters. The lowest BCUT2D eigenvalue weighted by Gasteiger charge is -2.32. The second-order valence-electron chi connectivity index (χ2n) is 8.72. The van der Waals surface area contributed by atoms with Crippen molar-refractivity contribution in [1.29, 1.82) is 0 Å². The number of aromatic nitrogens is 1. The summed E-state index contributed by atoms with van der Waals surface area (Å²) in [5, 5.41) is 3.30. The number of hydrogen-bond acceptors (Lipinski definition) is 4. The fourth-order valence-corrected chi connectivity index (χ4v) is 6.95. The molecule has 1 aromatic heterocycles. The Labute approximate surface area is 186 Å². The number of sulfone groups is 1. The van der Waals surface area contributed by atoms with Gasteiger partial charge in [0.05, 0.1) is 10.00 Å². The SMILES string of the molecule is O=C(NCc1ccc(Cl)cc1)c1ccc2n1CCN(CC1(S(=O)(=O)C3CC3)CC1)C2=O. The van der Waals surface area contributed by atoms with Gasteiger partial charge in [0.15, 0.2) is 9.84 Å². The highest BCUT2D eigenvalue weighted by Crippen LogP contribution is 2.50. The molecule has 2 heterocycles. The lowest BCUT2D eigenvalue weighted by atomic mass is 10.2. The van der Waals surface area contributed by atoms with Crippen LogP contribution in [-0.4, -0.2) is 52.8 Å². The van der Waals surface area contributed by atoms with Gasteiger partial charge in [-0.15, -0.1) is 0 Å². The van der Waals surface area contributed by atoms with Crippen LogP contribution in [0, 0.1) is 0 Å². The van der Waals surface area contributed by atoms with E-state index in [4.69, 9.17) is 11.6 Å². The monoisotopic (exact) mass is 461 g/mol. The second-order valence-corrected chi connectivity index (χ2v) is 11.8. The van der Waals surface area contributed by atoms with Gasteiger partial charge in [0.25, 0.3) is 11.8 Å². The van der Waals surface area contributed by atoms with Crippen molar-refractivity contribution in [3.8, 4) is 0 Å². The third-order valence-electron chi connectivity index (χ3n) is 6.53. The van der Waals surface area contributed by atoms with Gasteiger partial charge >= 0.3 is 0 Å². The Hall–Kier alpha value is -2.32. The number of carbonyl (C=O) groups excluding carboxylic acids is 2. The van der Waals surface area contributed by atoms with Gasteiger partial charge in [-0.25, -0.2) is 8.42 Å². The molecule has 7 nitrogen and oxygen atoms in total. The Kier molecular flexibility index (Phi) is 4.90. The number of amides is 2. The molecule has 2 aromatic rings. The minimum Gasteiger partial charge on any atom is -0.347 e. The Morgan fingerprint density at radius 3 is 2.45 bits per heavy atom. The molecule has 9 heteroatoms. The van der Waals surface area contributed by atoms with E-state index in [2.05, 4.69) is 5.32 Å². The second kappa shape index (κ2) is 7.38. The van der Waals surface area contributed by atoms with Crippen molar-refractivity contribution in [2.75, 3.05) is 13.1 Å². The van der Waals surface area contributed by atoms with Crippen LogP contribution in [0.1, 0.15) is 52.2 Å². The van der Waals surface area contributed by atoms with E-state index >= 15 is 0 Å². The molecule has 0 spiro atoms. The standard InChI is InChI=1S/C22H24ClN3O4S/c23-16-3-1-15(2-4-16)13-24-20(27)18-7-8-19-21(28)25(11-12-26(18)19)14-22(9-10-22)31(29,30)17-5-6-17/h1-4,7-8,17H,5-6,9-14H2,(H,24,27). The molecule has 0 radical (unpaired) electrons. The summed E-state index contributed by atoms with van der Waals surface area (Å²) in [6.45, 7) is 1.49. The molecule has 0 bridgehead atoms. The van der Waals surface area contributed by atoms with E-state index in [1.54, 1.807) is 33.7 Å². The number of fused-ring (bicyclic) bond motifs is 1. The maximum Gasteiger partial charge on any atom is 0.270 e. The third-order valence-corrected chi connectivity index (χ3v) is 9.88. The molecule has 2 saturated carbocycles. The largest absolute Gasteiger partial charge is 0.347 e. The number of nitrogens with one attached hydrogen (secondary N) is 1. The highest BCUT2D eigenvalue weighted by atomic mass is 35.5. The van der Waals surface area contributed by atoms with Crippen molar-refractivity contribution in [1.82, 2.24) is 14.8 Å². The Bertz CT molecular complexity index is 1150. The number of rotatable bonds is 7. The Morgan fingerprint density at radius 1 is 1.10 bits per heavy atom. The summed E-state index contributed by atoms with van der Waals surface area (Å²) in [5.74, 6) is -0.460. The van der Waals surface area contributed by atoms with Crippen molar-refractivity contribution < 1.29 is 18.0 Å². The molecule has 1 N–H and O–H groups in total. The van der Waals surface area contributed by atoms with E-state index in [1.807, 2.05) is 12.1 Å². The van der Waals surface area contributed by atoms with E-state index in [-0.39, 0.29) is 23.6 Å². The van der Waals surface area contributed by atoms with E-state index in [0.29, 0.717) is 48.9 Å². The highest BCUT2D eigenvalue weighted by Gasteiger charge is 2.60. The summed E-state index contributed by atoms with van der Waals surface area (Å²) in [6.07, 6.45) is 2.76. The van der Waals surface area contributed by atoms with Crippen molar-refractivity contribution in [3.05, 3.63) is 58.4 Å². The molecule has 164 valence electrons. The van der Waals surface area contributed by atoms with Gasteiger partial charge in [-0.1, -0.05) is 23.7 Å². The van der Waals surface area contributed by atoms with Crippen LogP contribution in [0.15, 0.2) is 36.4 Å². The lowest BCUT2D eigenvalue weighted by molar-refractivity contribution is 0.0698.